The molecule has 4 heterocycles. The number of nitrogens with one attached hydrogen (secondary N) is 1. The molecule has 2 amide bonds. The second kappa shape index (κ2) is 17.7. The molecule has 4 saturated heterocycles. The van der Waals surface area contributed by atoms with Gasteiger partial charge < -0.3 is 24.6 Å². The number of amides is 2. The second-order valence-corrected chi connectivity index (χ2v) is 17.4. The van der Waals surface area contributed by atoms with E-state index in [2.05, 4.69) is 14.8 Å². The third kappa shape index (κ3) is 10.1. The van der Waals surface area contributed by atoms with Gasteiger partial charge >= 0.3 is 12.7 Å². The van der Waals surface area contributed by atoms with Crippen molar-refractivity contribution < 1.29 is 58.6 Å². The molecule has 0 aliphatic carbocycles. The van der Waals surface area contributed by atoms with Crippen LogP contribution < -0.4 is 24.6 Å². The summed E-state index contributed by atoms with van der Waals surface area (Å²) in [5.41, 5.74) is 1.90. The lowest BCUT2D eigenvalue weighted by molar-refractivity contribution is -0.275. The number of Topliss-reactive ketones (excluding diaryl/α,β-unsaturated/α-hetero) is 1. The van der Waals surface area contributed by atoms with Gasteiger partial charge in [0.05, 0.1) is 22.9 Å². The van der Waals surface area contributed by atoms with Crippen molar-refractivity contribution in [2.45, 2.75) is 42.9 Å². The van der Waals surface area contributed by atoms with Crippen LogP contribution in [-0.4, -0.2) is 81.8 Å². The standard InChI is InChI=1S/C22H21F3N2O3.C20H18ClF3N2O4S/c23-22(24,25)30-16-8-6-15(7-9-16)27-11-10-17-18(21(27)29)13-26-20(17)19(28)12-14-4-2-1-3-5-14;21-17-3-1-2-4-18(17)31(28,29)25-11-13-9-10-26(19(27)16(13)12-25)14-5-7-15(8-6-14)30-20(22,23)24/h1-9,17-18,20,26H,10-13H2;1-8,13,16H,9-12H2/t17-,18-,20?;13-,16+/m10/s1. The minimum atomic E-state index is -4.80. The van der Waals surface area contributed by atoms with Crippen LogP contribution in [0.25, 0.3) is 0 Å². The normalized spacial score (nSPS) is 23.2. The van der Waals surface area contributed by atoms with Crippen molar-refractivity contribution in [1.29, 1.82) is 0 Å². The molecule has 4 aromatic rings. The third-order valence-corrected chi connectivity index (χ3v) is 13.6. The lowest BCUT2D eigenvalue weighted by atomic mass is 9.81. The highest BCUT2D eigenvalue weighted by Gasteiger charge is 2.49. The number of nitrogens with zero attached hydrogens (tertiary/aromatic N) is 3. The number of carbonyl (C=O) groups excluding carboxylic acids is 3. The zero-order chi connectivity index (χ0) is 43.7. The Morgan fingerprint density at radius 2 is 1.23 bits per heavy atom. The molecule has 324 valence electrons. The molecule has 0 radical (unpaired) electrons. The summed E-state index contributed by atoms with van der Waals surface area (Å²) < 4.78 is 109. The van der Waals surface area contributed by atoms with Crippen molar-refractivity contribution in [1.82, 2.24) is 9.62 Å². The molecule has 4 aliphatic heterocycles. The van der Waals surface area contributed by atoms with Gasteiger partial charge in [-0.3, -0.25) is 14.4 Å². The zero-order valence-corrected chi connectivity index (χ0v) is 33.7. The van der Waals surface area contributed by atoms with E-state index in [0.717, 1.165) is 17.7 Å². The average Bonchev–Trinajstić information content (AvgIpc) is 3.86. The Morgan fingerprint density at radius 3 is 1.79 bits per heavy atom. The number of anilines is 2. The van der Waals surface area contributed by atoms with Crippen molar-refractivity contribution in [3.05, 3.63) is 114 Å². The highest BCUT2D eigenvalue weighted by molar-refractivity contribution is 7.89. The summed E-state index contributed by atoms with van der Waals surface area (Å²) in [6.45, 7) is 1.43. The van der Waals surface area contributed by atoms with Gasteiger partial charge in [0.25, 0.3) is 0 Å². The van der Waals surface area contributed by atoms with E-state index in [4.69, 9.17) is 11.6 Å². The molecule has 19 heteroatoms. The number of sulfonamides is 1. The van der Waals surface area contributed by atoms with E-state index in [0.29, 0.717) is 50.3 Å². The molecular weight excluding hydrogens is 854 g/mol. The maximum Gasteiger partial charge on any atom is 0.573 e. The first-order chi connectivity index (χ1) is 28.9. The first kappa shape index (κ1) is 43.9. The molecule has 1 unspecified atom stereocenters. The van der Waals surface area contributed by atoms with Crippen molar-refractivity contribution in [2.75, 3.05) is 42.5 Å². The molecule has 0 aromatic heterocycles. The Labute approximate surface area is 352 Å². The van der Waals surface area contributed by atoms with Crippen molar-refractivity contribution in [3.63, 3.8) is 0 Å². The summed E-state index contributed by atoms with van der Waals surface area (Å²) in [5.74, 6) is -2.06. The number of ketones is 1. The largest absolute Gasteiger partial charge is 0.573 e. The number of piperidine rings is 2. The molecule has 0 saturated carbocycles. The maximum atomic E-state index is 13.1. The summed E-state index contributed by atoms with van der Waals surface area (Å²) in [6, 6.07) is 25.6. The number of hydrogen-bond acceptors (Lipinski definition) is 8. The fraction of sp³-hybridized carbons (Fsp3) is 0.357. The molecule has 0 spiro atoms. The van der Waals surface area contributed by atoms with Gasteiger partial charge in [0, 0.05) is 50.5 Å². The number of carbonyl (C=O) groups is 3. The van der Waals surface area contributed by atoms with Gasteiger partial charge in [-0.15, -0.1) is 26.3 Å². The average molecular weight is 893 g/mol. The molecule has 11 nitrogen and oxygen atoms in total. The number of fused-ring (bicyclic) bond motifs is 2. The minimum absolute atomic E-state index is 0.000118. The Balaban J connectivity index is 0.000000184. The molecule has 4 fully saturated rings. The van der Waals surface area contributed by atoms with E-state index in [1.807, 2.05) is 30.3 Å². The number of rotatable bonds is 9. The molecule has 61 heavy (non-hydrogen) atoms. The predicted octanol–water partition coefficient (Wildman–Crippen LogP) is 7.25. The summed E-state index contributed by atoms with van der Waals surface area (Å²) in [4.78, 5) is 41.9. The molecule has 1 N–H and O–H groups in total. The maximum absolute atomic E-state index is 13.1. The van der Waals surface area contributed by atoms with Gasteiger partial charge in [-0.25, -0.2) is 8.42 Å². The van der Waals surface area contributed by atoms with Gasteiger partial charge in [-0.1, -0.05) is 54.1 Å². The van der Waals surface area contributed by atoms with Crippen LogP contribution in [0, 0.1) is 23.7 Å². The van der Waals surface area contributed by atoms with E-state index < -0.39 is 28.7 Å². The molecule has 0 bridgehead atoms. The Morgan fingerprint density at radius 1 is 0.705 bits per heavy atom. The van der Waals surface area contributed by atoms with Crippen molar-refractivity contribution >= 4 is 50.6 Å². The monoisotopic (exact) mass is 892 g/mol. The van der Waals surface area contributed by atoms with Crippen molar-refractivity contribution in [3.8, 4) is 11.5 Å². The first-order valence-corrected chi connectivity index (χ1v) is 21.1. The Bertz CT molecular complexity index is 2340. The van der Waals surface area contributed by atoms with E-state index in [9.17, 15) is 49.1 Å². The summed E-state index contributed by atoms with van der Waals surface area (Å²) in [7, 11) is -3.85. The Hall–Kier alpha value is -5.17. The van der Waals surface area contributed by atoms with Gasteiger partial charge in [0.2, 0.25) is 21.8 Å². The second-order valence-electron chi connectivity index (χ2n) is 15.0. The molecular formula is C42H39ClF6N4O7S. The smallest absolute Gasteiger partial charge is 0.406 e. The first-order valence-electron chi connectivity index (χ1n) is 19.3. The molecule has 4 aliphatic rings. The number of ether oxygens (including phenoxy) is 2. The van der Waals surface area contributed by atoms with Gasteiger partial charge in [-0.05, 0) is 90.9 Å². The number of alkyl halides is 6. The van der Waals surface area contributed by atoms with E-state index in [1.54, 1.807) is 17.0 Å². The van der Waals surface area contributed by atoms with Gasteiger partial charge in [-0.2, -0.15) is 4.31 Å². The van der Waals surface area contributed by atoms with Crippen LogP contribution in [0.1, 0.15) is 18.4 Å². The van der Waals surface area contributed by atoms with Gasteiger partial charge in [0.15, 0.2) is 5.78 Å². The van der Waals surface area contributed by atoms with Crippen LogP contribution in [0.2, 0.25) is 5.02 Å². The van der Waals surface area contributed by atoms with E-state index in [1.165, 1.54) is 57.7 Å². The highest BCUT2D eigenvalue weighted by Crippen LogP contribution is 2.39. The number of halogens is 7. The van der Waals surface area contributed by atoms with Gasteiger partial charge in [0.1, 0.15) is 16.4 Å². The lowest BCUT2D eigenvalue weighted by Gasteiger charge is -2.35. The fourth-order valence-electron chi connectivity index (χ4n) is 8.44. The number of hydrogen-bond donors (Lipinski definition) is 1. The Kier molecular flexibility index (Phi) is 12.7. The van der Waals surface area contributed by atoms with E-state index >= 15 is 0 Å². The van der Waals surface area contributed by atoms with E-state index in [-0.39, 0.29) is 75.9 Å². The fourth-order valence-corrected chi connectivity index (χ4v) is 10.5. The van der Waals surface area contributed by atoms with Crippen LogP contribution in [0.5, 0.6) is 11.5 Å². The lowest BCUT2D eigenvalue weighted by Crippen LogP contribution is -2.48. The molecule has 8 rings (SSSR count). The SMILES string of the molecule is O=C(Cc1ccccc1)C1NC[C@H]2C(=O)N(c3ccc(OC(F)(F)F)cc3)CC[C@@H]12.O=C1[C@@H]2CN(S(=O)(=O)c3ccccc3Cl)C[C@@H]2CCN1c1ccc(OC(F)(F)F)cc1. The minimum Gasteiger partial charge on any atom is -0.406 e. The third-order valence-electron chi connectivity index (χ3n) is 11.3. The van der Waals surface area contributed by atoms with Crippen molar-refractivity contribution in [2.24, 2.45) is 23.7 Å². The highest BCUT2D eigenvalue weighted by atomic mass is 35.5. The predicted molar refractivity (Wildman–Crippen MR) is 211 cm³/mol. The summed E-state index contributed by atoms with van der Waals surface area (Å²) >= 11 is 6.06. The summed E-state index contributed by atoms with van der Waals surface area (Å²) in [6.07, 6.45) is -8.01. The van der Waals surface area contributed by atoms with Crippen LogP contribution in [0.15, 0.2) is 108 Å². The molecule has 4 aromatic carbocycles. The topological polar surface area (TPSA) is 126 Å². The van der Waals surface area contributed by atoms with Crippen LogP contribution >= 0.6 is 11.6 Å². The zero-order valence-electron chi connectivity index (χ0n) is 32.1. The number of benzene rings is 4. The summed E-state index contributed by atoms with van der Waals surface area (Å²) in [5, 5.41) is 3.33. The van der Waals surface area contributed by atoms with Crippen LogP contribution in [0.3, 0.4) is 0 Å². The van der Waals surface area contributed by atoms with Crippen LogP contribution in [-0.2, 0) is 30.8 Å². The quantitative estimate of drug-likeness (QED) is 0.174. The molecule has 5 atom stereocenters. The van der Waals surface area contributed by atoms with Crippen LogP contribution in [0.4, 0.5) is 37.7 Å².